The third-order valence-electron chi connectivity index (χ3n) is 4.16. The van der Waals surface area contributed by atoms with Crippen LogP contribution < -0.4 is 9.64 Å². The fraction of sp³-hybridized carbons (Fsp3) is 0.375. The second-order valence-electron chi connectivity index (χ2n) is 5.69. The molecule has 0 aliphatic carbocycles. The van der Waals surface area contributed by atoms with Gasteiger partial charge >= 0.3 is 0 Å². The Bertz CT molecular complexity index is 803. The van der Waals surface area contributed by atoms with Crippen LogP contribution in [0.3, 0.4) is 0 Å². The van der Waals surface area contributed by atoms with Crippen LogP contribution >= 0.6 is 15.9 Å². The van der Waals surface area contributed by atoms with E-state index in [2.05, 4.69) is 21.0 Å². The summed E-state index contributed by atoms with van der Waals surface area (Å²) >= 11 is 3.27. The molecule has 1 aromatic heterocycles. The van der Waals surface area contributed by atoms with E-state index in [-0.39, 0.29) is 11.7 Å². The number of halogens is 2. The van der Waals surface area contributed by atoms with Crippen molar-refractivity contribution in [2.45, 2.75) is 33.4 Å². The Morgan fingerprint density at radius 1 is 1.39 bits per heavy atom. The summed E-state index contributed by atoms with van der Waals surface area (Å²) in [5.41, 5.74) is 3.23. The van der Waals surface area contributed by atoms with E-state index in [1.807, 2.05) is 20.9 Å². The largest absolute Gasteiger partial charge is 0.476 e. The summed E-state index contributed by atoms with van der Waals surface area (Å²) in [4.78, 5) is 14.1. The van der Waals surface area contributed by atoms with Gasteiger partial charge in [-0.2, -0.15) is 5.10 Å². The van der Waals surface area contributed by atoms with E-state index in [4.69, 9.17) is 4.74 Å². The number of aryl methyl sites for hydroxylation is 2. The minimum atomic E-state index is -0.726. The second kappa shape index (κ2) is 5.63. The van der Waals surface area contributed by atoms with E-state index in [0.29, 0.717) is 16.7 Å². The van der Waals surface area contributed by atoms with Gasteiger partial charge in [0, 0.05) is 22.8 Å². The van der Waals surface area contributed by atoms with Crippen molar-refractivity contribution in [1.82, 2.24) is 9.78 Å². The van der Waals surface area contributed by atoms with Crippen LogP contribution in [0.25, 0.3) is 0 Å². The average Bonchev–Trinajstić information content (AvgIpc) is 2.71. The number of amides is 1. The van der Waals surface area contributed by atoms with Gasteiger partial charge in [0.25, 0.3) is 5.91 Å². The Morgan fingerprint density at radius 3 is 2.70 bits per heavy atom. The zero-order valence-electron chi connectivity index (χ0n) is 13.4. The Balaban J connectivity index is 2.10. The van der Waals surface area contributed by atoms with Gasteiger partial charge < -0.3 is 9.64 Å². The number of nitrogens with zero attached hydrogens (tertiary/aromatic N) is 3. The number of carbonyl (C=O) groups is 1. The Kier molecular flexibility index (Phi) is 3.91. The molecule has 1 amide bonds. The summed E-state index contributed by atoms with van der Waals surface area (Å²) in [7, 11) is 1.86. The molecule has 2 aromatic rings. The normalized spacial score (nSPS) is 17.2. The molecule has 23 heavy (non-hydrogen) atoms. The van der Waals surface area contributed by atoms with Crippen molar-refractivity contribution in [2.24, 2.45) is 7.05 Å². The molecule has 0 radical (unpaired) electrons. The lowest BCUT2D eigenvalue weighted by Gasteiger charge is -2.33. The molecule has 0 N–H and O–H groups in total. The molecule has 1 aromatic carbocycles. The summed E-state index contributed by atoms with van der Waals surface area (Å²) in [5.74, 6) is -0.574. The number of anilines is 1. The number of hydrogen-bond donors (Lipinski definition) is 0. The molecule has 122 valence electrons. The Labute approximate surface area is 142 Å². The van der Waals surface area contributed by atoms with Crippen molar-refractivity contribution in [3.63, 3.8) is 0 Å². The van der Waals surface area contributed by atoms with Crippen molar-refractivity contribution < 1.29 is 13.9 Å². The highest BCUT2D eigenvalue weighted by Gasteiger charge is 2.34. The molecular weight excluding hydrogens is 365 g/mol. The van der Waals surface area contributed by atoms with Gasteiger partial charge in [-0.1, -0.05) is 15.9 Å². The molecule has 7 heteroatoms. The number of ether oxygens (including phenoxy) is 1. The minimum absolute atomic E-state index is 0.111. The van der Waals surface area contributed by atoms with Crippen LogP contribution in [0.2, 0.25) is 0 Å². The first-order valence-electron chi connectivity index (χ1n) is 7.25. The number of benzene rings is 1. The fourth-order valence-corrected chi connectivity index (χ4v) is 3.21. The second-order valence-corrected chi connectivity index (χ2v) is 6.61. The molecule has 1 atom stereocenters. The van der Waals surface area contributed by atoms with E-state index >= 15 is 0 Å². The summed E-state index contributed by atoms with van der Waals surface area (Å²) in [6, 6.07) is 3.03. The summed E-state index contributed by atoms with van der Waals surface area (Å²) in [6.45, 7) is 5.81. The molecule has 5 nitrogen and oxygen atoms in total. The van der Waals surface area contributed by atoms with Gasteiger partial charge in [0.1, 0.15) is 0 Å². The van der Waals surface area contributed by atoms with Crippen LogP contribution in [-0.2, 0) is 18.4 Å². The zero-order chi connectivity index (χ0) is 16.9. The highest BCUT2D eigenvalue weighted by Crippen LogP contribution is 2.39. The minimum Gasteiger partial charge on any atom is -0.476 e. The zero-order valence-corrected chi connectivity index (χ0v) is 14.9. The van der Waals surface area contributed by atoms with E-state index in [9.17, 15) is 9.18 Å². The van der Waals surface area contributed by atoms with E-state index in [1.165, 1.54) is 6.07 Å². The van der Waals surface area contributed by atoms with Crippen LogP contribution in [0, 0.1) is 19.7 Å². The first kappa shape index (κ1) is 16.0. The first-order chi connectivity index (χ1) is 10.8. The predicted molar refractivity (Wildman–Crippen MR) is 88.1 cm³/mol. The number of rotatable bonds is 2. The van der Waals surface area contributed by atoms with Crippen LogP contribution in [0.4, 0.5) is 10.1 Å². The lowest BCUT2D eigenvalue weighted by atomic mass is 10.1. The maximum atomic E-state index is 14.2. The molecule has 1 aliphatic rings. The summed E-state index contributed by atoms with van der Waals surface area (Å²) in [6.07, 6.45) is -0.726. The molecule has 0 unspecified atom stereocenters. The van der Waals surface area contributed by atoms with Crippen molar-refractivity contribution in [1.29, 1.82) is 0 Å². The highest BCUT2D eigenvalue weighted by atomic mass is 79.9. The van der Waals surface area contributed by atoms with Gasteiger partial charge in [-0.05, 0) is 32.9 Å². The molecule has 0 fully saturated rings. The Morgan fingerprint density at radius 2 is 2.09 bits per heavy atom. The van der Waals surface area contributed by atoms with Gasteiger partial charge in [-0.3, -0.25) is 9.48 Å². The predicted octanol–water partition coefficient (Wildman–Crippen LogP) is 3.25. The van der Waals surface area contributed by atoms with Crippen LogP contribution in [0.15, 0.2) is 16.6 Å². The van der Waals surface area contributed by atoms with Crippen molar-refractivity contribution in [3.8, 4) is 5.75 Å². The fourth-order valence-electron chi connectivity index (χ4n) is 2.80. The molecule has 1 aliphatic heterocycles. The van der Waals surface area contributed by atoms with Gasteiger partial charge in [-0.25, -0.2) is 4.39 Å². The standard InChI is InChI=1S/C16H17BrFN3O2/c1-8-12(9(2)20(4)19-8)7-21-14-6-11(17)5-13(18)15(14)23-10(3)16(21)22/h5-6,10H,7H2,1-4H3/t10-/m1/s1. The Hall–Kier alpha value is -1.89. The maximum absolute atomic E-state index is 14.2. The summed E-state index contributed by atoms with van der Waals surface area (Å²) in [5, 5.41) is 4.38. The molecule has 0 spiro atoms. The van der Waals surface area contributed by atoms with Crippen LogP contribution in [-0.4, -0.2) is 21.8 Å². The lowest BCUT2D eigenvalue weighted by Crippen LogP contribution is -2.44. The molecular formula is C16H17BrFN3O2. The van der Waals surface area contributed by atoms with Crippen LogP contribution in [0.1, 0.15) is 23.9 Å². The number of hydrogen-bond acceptors (Lipinski definition) is 3. The quantitative estimate of drug-likeness (QED) is 0.801. The molecule has 0 bridgehead atoms. The molecule has 0 saturated heterocycles. The van der Waals surface area contributed by atoms with Gasteiger partial charge in [0.05, 0.1) is 17.9 Å². The van der Waals surface area contributed by atoms with Gasteiger partial charge in [0.15, 0.2) is 17.7 Å². The molecule has 0 saturated carbocycles. The van der Waals surface area contributed by atoms with Gasteiger partial charge in [0.2, 0.25) is 0 Å². The maximum Gasteiger partial charge on any atom is 0.268 e. The smallest absolute Gasteiger partial charge is 0.268 e. The molecule has 3 rings (SSSR count). The number of carbonyl (C=O) groups excluding carboxylic acids is 1. The van der Waals surface area contributed by atoms with Crippen molar-refractivity contribution in [2.75, 3.05) is 4.90 Å². The monoisotopic (exact) mass is 381 g/mol. The van der Waals surface area contributed by atoms with Gasteiger partial charge in [-0.15, -0.1) is 0 Å². The first-order valence-corrected chi connectivity index (χ1v) is 8.05. The van der Waals surface area contributed by atoms with Crippen molar-refractivity contribution in [3.05, 3.63) is 39.4 Å². The van der Waals surface area contributed by atoms with E-state index in [1.54, 1.807) is 22.6 Å². The van der Waals surface area contributed by atoms with E-state index < -0.39 is 11.9 Å². The lowest BCUT2D eigenvalue weighted by molar-refractivity contribution is -0.125. The number of aromatic nitrogens is 2. The third kappa shape index (κ3) is 2.63. The average molecular weight is 382 g/mol. The van der Waals surface area contributed by atoms with Crippen LogP contribution in [0.5, 0.6) is 5.75 Å². The SMILES string of the molecule is Cc1nn(C)c(C)c1CN1C(=O)[C@@H](C)Oc2c(F)cc(Br)cc21. The molecule has 2 heterocycles. The van der Waals surface area contributed by atoms with Crippen molar-refractivity contribution >= 4 is 27.5 Å². The van der Waals surface area contributed by atoms with E-state index in [0.717, 1.165) is 17.0 Å². The topological polar surface area (TPSA) is 47.4 Å². The summed E-state index contributed by atoms with van der Waals surface area (Å²) < 4.78 is 22.0. The highest BCUT2D eigenvalue weighted by molar-refractivity contribution is 9.10. The number of fused-ring (bicyclic) bond motifs is 1. The third-order valence-corrected chi connectivity index (χ3v) is 4.62.